The van der Waals surface area contributed by atoms with Gasteiger partial charge in [-0.05, 0) is 31.0 Å². The van der Waals surface area contributed by atoms with Gasteiger partial charge in [0.15, 0.2) is 5.13 Å². The number of thiazole rings is 1. The van der Waals surface area contributed by atoms with E-state index in [0.29, 0.717) is 23.7 Å². The topological polar surface area (TPSA) is 73.3 Å². The van der Waals surface area contributed by atoms with Crippen LogP contribution in [0.2, 0.25) is 0 Å². The van der Waals surface area contributed by atoms with Crippen molar-refractivity contribution in [3.8, 4) is 11.3 Å². The van der Waals surface area contributed by atoms with Crippen molar-refractivity contribution in [1.29, 1.82) is 0 Å². The number of anilines is 2. The lowest BCUT2D eigenvalue weighted by Gasteiger charge is -2.20. The second kappa shape index (κ2) is 8.14. The molecule has 1 amide bonds. The van der Waals surface area contributed by atoms with Crippen LogP contribution in [0.4, 0.5) is 10.8 Å². The molecular formula is C21H19N2O3S-. The van der Waals surface area contributed by atoms with Crippen LogP contribution in [0.3, 0.4) is 0 Å². The monoisotopic (exact) mass is 379 g/mol. The van der Waals surface area contributed by atoms with E-state index in [1.54, 1.807) is 17.0 Å². The highest BCUT2D eigenvalue weighted by Crippen LogP contribution is 2.36. The van der Waals surface area contributed by atoms with Crippen molar-refractivity contribution in [2.45, 2.75) is 26.7 Å². The highest BCUT2D eigenvalue weighted by atomic mass is 32.1. The normalized spacial score (nSPS) is 10.6. The van der Waals surface area contributed by atoms with Gasteiger partial charge in [-0.25, -0.2) is 4.98 Å². The Kier molecular flexibility index (Phi) is 5.66. The number of hydrogen-bond donors (Lipinski definition) is 0. The van der Waals surface area contributed by atoms with E-state index in [1.807, 2.05) is 44.2 Å². The van der Waals surface area contributed by atoms with Crippen LogP contribution in [0, 0.1) is 6.92 Å². The summed E-state index contributed by atoms with van der Waals surface area (Å²) in [7, 11) is 0. The number of amides is 1. The lowest BCUT2D eigenvalue weighted by atomic mass is 10.1. The van der Waals surface area contributed by atoms with E-state index in [2.05, 4.69) is 0 Å². The number of aromatic carboxylic acids is 1. The molecule has 0 saturated heterocycles. The minimum Gasteiger partial charge on any atom is -0.545 e. The van der Waals surface area contributed by atoms with Gasteiger partial charge < -0.3 is 9.90 Å². The molecule has 5 nitrogen and oxygen atoms in total. The molecule has 0 saturated carbocycles. The number of nitrogens with zero attached hydrogens (tertiary/aromatic N) is 2. The van der Waals surface area contributed by atoms with E-state index in [9.17, 15) is 14.7 Å². The molecule has 0 aliphatic carbocycles. The summed E-state index contributed by atoms with van der Waals surface area (Å²) in [5.74, 6) is -1.32. The number of hydrogen-bond acceptors (Lipinski definition) is 5. The summed E-state index contributed by atoms with van der Waals surface area (Å²) >= 11 is 1.44. The first-order valence-corrected chi connectivity index (χ1v) is 9.50. The maximum atomic E-state index is 12.8. The van der Waals surface area contributed by atoms with E-state index >= 15 is 0 Å². The second-order valence-electron chi connectivity index (χ2n) is 6.08. The standard InChI is InChI=1S/C21H20N2O3S/c1-3-7-18(24)23(17-12-10-16(11-13-17)20(25)26)21-22-19(14(2)27-21)15-8-5-4-6-9-15/h4-6,8-13H,3,7H2,1-2H3,(H,25,26)/p-1. The van der Waals surface area contributed by atoms with Crippen LogP contribution < -0.4 is 10.0 Å². The SMILES string of the molecule is CCCC(=O)N(c1ccc(C(=O)[O-])cc1)c1nc(-c2ccccc2)c(C)s1. The van der Waals surface area contributed by atoms with Gasteiger partial charge in [0.2, 0.25) is 5.91 Å². The second-order valence-corrected chi connectivity index (χ2v) is 7.26. The Balaban J connectivity index is 2.04. The summed E-state index contributed by atoms with van der Waals surface area (Å²) in [5, 5.41) is 11.6. The number of carboxylic acids is 1. The molecule has 0 fully saturated rings. The minimum absolute atomic E-state index is 0.0712. The third kappa shape index (κ3) is 4.06. The first kappa shape index (κ1) is 18.8. The smallest absolute Gasteiger partial charge is 0.233 e. The number of carboxylic acid groups (broad SMARTS) is 1. The van der Waals surface area contributed by atoms with Crippen LogP contribution in [-0.2, 0) is 4.79 Å². The van der Waals surface area contributed by atoms with E-state index in [4.69, 9.17) is 4.98 Å². The van der Waals surface area contributed by atoms with Crippen molar-refractivity contribution in [3.05, 3.63) is 65.0 Å². The lowest BCUT2D eigenvalue weighted by molar-refractivity contribution is -0.255. The van der Waals surface area contributed by atoms with Crippen LogP contribution >= 0.6 is 11.3 Å². The number of rotatable bonds is 6. The molecule has 0 unspecified atom stereocenters. The molecule has 0 radical (unpaired) electrons. The molecule has 0 aliphatic heterocycles. The molecule has 0 aliphatic rings. The maximum Gasteiger partial charge on any atom is 0.233 e. The Morgan fingerprint density at radius 3 is 2.33 bits per heavy atom. The van der Waals surface area contributed by atoms with Crippen LogP contribution in [0.25, 0.3) is 11.3 Å². The van der Waals surface area contributed by atoms with Gasteiger partial charge in [0.1, 0.15) is 0 Å². The predicted octanol–water partition coefficient (Wildman–Crippen LogP) is 3.95. The van der Waals surface area contributed by atoms with Crippen molar-refractivity contribution < 1.29 is 14.7 Å². The zero-order valence-electron chi connectivity index (χ0n) is 15.1. The van der Waals surface area contributed by atoms with Crippen molar-refractivity contribution in [1.82, 2.24) is 4.98 Å². The molecule has 0 atom stereocenters. The Morgan fingerprint density at radius 2 is 1.74 bits per heavy atom. The average Bonchev–Trinajstić information content (AvgIpc) is 3.04. The molecule has 1 heterocycles. The molecule has 1 aromatic heterocycles. The fourth-order valence-electron chi connectivity index (χ4n) is 2.78. The summed E-state index contributed by atoms with van der Waals surface area (Å²) < 4.78 is 0. The van der Waals surface area contributed by atoms with Gasteiger partial charge in [0.05, 0.1) is 17.4 Å². The lowest BCUT2D eigenvalue weighted by Crippen LogP contribution is -2.26. The zero-order chi connectivity index (χ0) is 19.4. The minimum atomic E-state index is -1.25. The number of aromatic nitrogens is 1. The van der Waals surface area contributed by atoms with Crippen molar-refractivity contribution in [2.75, 3.05) is 4.90 Å². The Morgan fingerprint density at radius 1 is 1.07 bits per heavy atom. The number of carbonyl (C=O) groups is 2. The Bertz CT molecular complexity index is 949. The van der Waals surface area contributed by atoms with Gasteiger partial charge in [-0.1, -0.05) is 49.4 Å². The van der Waals surface area contributed by atoms with E-state index < -0.39 is 5.97 Å². The Labute approximate surface area is 161 Å². The van der Waals surface area contributed by atoms with Crippen LogP contribution in [0.5, 0.6) is 0 Å². The van der Waals surface area contributed by atoms with Crippen molar-refractivity contribution in [2.24, 2.45) is 0 Å². The van der Waals surface area contributed by atoms with Gasteiger partial charge in [-0.15, -0.1) is 11.3 Å². The van der Waals surface area contributed by atoms with Crippen molar-refractivity contribution >= 4 is 34.0 Å². The largest absolute Gasteiger partial charge is 0.545 e. The molecule has 27 heavy (non-hydrogen) atoms. The summed E-state index contributed by atoms with van der Waals surface area (Å²) in [5.41, 5.74) is 2.50. The van der Waals surface area contributed by atoms with E-state index in [0.717, 1.165) is 16.1 Å². The number of benzene rings is 2. The number of aryl methyl sites for hydroxylation is 1. The Hall–Kier alpha value is -2.99. The van der Waals surface area contributed by atoms with Crippen molar-refractivity contribution in [3.63, 3.8) is 0 Å². The maximum absolute atomic E-state index is 12.8. The summed E-state index contributed by atoms with van der Waals surface area (Å²) in [6, 6.07) is 15.9. The van der Waals surface area contributed by atoms with Gasteiger partial charge >= 0.3 is 0 Å². The van der Waals surface area contributed by atoms with Crippen LogP contribution in [0.1, 0.15) is 35.0 Å². The summed E-state index contributed by atoms with van der Waals surface area (Å²) in [6.07, 6.45) is 1.09. The first-order valence-electron chi connectivity index (χ1n) is 8.68. The molecular weight excluding hydrogens is 360 g/mol. The van der Waals surface area contributed by atoms with E-state index in [-0.39, 0.29) is 11.5 Å². The molecule has 6 heteroatoms. The molecule has 138 valence electrons. The van der Waals surface area contributed by atoms with Crippen LogP contribution in [0.15, 0.2) is 54.6 Å². The highest BCUT2D eigenvalue weighted by molar-refractivity contribution is 7.16. The zero-order valence-corrected chi connectivity index (χ0v) is 16.0. The van der Waals surface area contributed by atoms with Gasteiger partial charge in [-0.3, -0.25) is 9.69 Å². The van der Waals surface area contributed by atoms with Gasteiger partial charge in [0, 0.05) is 16.9 Å². The molecule has 0 bridgehead atoms. The average molecular weight is 379 g/mol. The third-order valence-electron chi connectivity index (χ3n) is 4.10. The molecule has 0 N–H and O–H groups in total. The molecule has 2 aromatic carbocycles. The molecule has 0 spiro atoms. The molecule has 3 aromatic rings. The predicted molar refractivity (Wildman–Crippen MR) is 105 cm³/mol. The van der Waals surface area contributed by atoms with E-state index in [1.165, 1.54) is 23.5 Å². The first-order chi connectivity index (χ1) is 13.0. The highest BCUT2D eigenvalue weighted by Gasteiger charge is 2.22. The quantitative estimate of drug-likeness (QED) is 0.650. The summed E-state index contributed by atoms with van der Waals surface area (Å²) in [6.45, 7) is 3.92. The number of carbonyl (C=O) groups excluding carboxylic acids is 2. The van der Waals surface area contributed by atoms with Gasteiger partial charge in [-0.2, -0.15) is 0 Å². The van der Waals surface area contributed by atoms with Gasteiger partial charge in [0.25, 0.3) is 0 Å². The summed E-state index contributed by atoms with van der Waals surface area (Å²) in [4.78, 5) is 31.1. The van der Waals surface area contributed by atoms with Crippen LogP contribution in [-0.4, -0.2) is 16.9 Å². The third-order valence-corrected chi connectivity index (χ3v) is 5.05. The fraction of sp³-hybridized carbons (Fsp3) is 0.190. The molecule has 3 rings (SSSR count). The fourth-order valence-corrected chi connectivity index (χ4v) is 3.74.